The largest absolute Gasteiger partial charge is 0.493 e. The van der Waals surface area contributed by atoms with Gasteiger partial charge < -0.3 is 10.1 Å². The average molecular weight is 242 g/mol. The van der Waals surface area contributed by atoms with Crippen LogP contribution in [0.4, 0.5) is 0 Å². The molecule has 0 aliphatic rings. The third-order valence-corrected chi connectivity index (χ3v) is 2.73. The van der Waals surface area contributed by atoms with Crippen molar-refractivity contribution in [3.63, 3.8) is 0 Å². The van der Waals surface area contributed by atoms with Gasteiger partial charge in [-0.05, 0) is 13.0 Å². The minimum Gasteiger partial charge on any atom is -0.493 e. The van der Waals surface area contributed by atoms with Gasteiger partial charge in [-0.3, -0.25) is 9.78 Å². The predicted octanol–water partition coefficient (Wildman–Crippen LogP) is 1.10. The summed E-state index contributed by atoms with van der Waals surface area (Å²) in [5.74, 6) is -0.188. The Labute approximate surface area is 102 Å². The second-order valence-electron chi connectivity index (χ2n) is 3.95. The zero-order chi connectivity index (χ0) is 12.7. The summed E-state index contributed by atoms with van der Waals surface area (Å²) in [6, 6.07) is 4.77. The molecular weight excluding hydrogens is 232 g/mol. The number of rotatable bonds is 1. The number of nitrogens with one attached hydrogen (secondary N) is 1. The van der Waals surface area contributed by atoms with E-state index in [1.54, 1.807) is 18.5 Å². The predicted molar refractivity (Wildman–Crippen MR) is 65.4 cm³/mol. The van der Waals surface area contributed by atoms with Crippen molar-refractivity contribution in [1.29, 1.82) is 0 Å². The Morgan fingerprint density at radius 3 is 3.00 bits per heavy atom. The van der Waals surface area contributed by atoms with Gasteiger partial charge in [0.05, 0.1) is 11.8 Å². The fourth-order valence-electron chi connectivity index (χ4n) is 2.00. The molecule has 90 valence electrons. The Hall–Kier alpha value is -2.63. The number of aromatic nitrogens is 4. The molecule has 6 heteroatoms. The van der Waals surface area contributed by atoms with Gasteiger partial charge in [0.2, 0.25) is 5.88 Å². The van der Waals surface area contributed by atoms with Crippen LogP contribution in [-0.4, -0.2) is 24.7 Å². The van der Waals surface area contributed by atoms with E-state index < -0.39 is 0 Å². The van der Waals surface area contributed by atoms with Gasteiger partial charge in [0.25, 0.3) is 5.56 Å². The summed E-state index contributed by atoms with van der Waals surface area (Å²) in [5.41, 5.74) is 2.40. The highest BCUT2D eigenvalue weighted by Gasteiger charge is 2.14. The minimum absolute atomic E-state index is 0.188. The van der Waals surface area contributed by atoms with Gasteiger partial charge in [-0.25, -0.2) is 0 Å². The van der Waals surface area contributed by atoms with Gasteiger partial charge in [-0.15, -0.1) is 0 Å². The second-order valence-corrected chi connectivity index (χ2v) is 3.95. The molecule has 0 saturated heterocycles. The Balaban J connectivity index is 2.43. The van der Waals surface area contributed by atoms with E-state index in [0.29, 0.717) is 11.3 Å². The van der Waals surface area contributed by atoms with Crippen LogP contribution >= 0.6 is 0 Å². The smallest absolute Gasteiger partial charge is 0.254 e. The van der Waals surface area contributed by atoms with Crippen LogP contribution in [0.15, 0.2) is 35.4 Å². The Bertz CT molecular complexity index is 774. The molecule has 0 unspecified atom stereocenters. The fourth-order valence-corrected chi connectivity index (χ4v) is 2.00. The van der Waals surface area contributed by atoms with Crippen molar-refractivity contribution < 1.29 is 5.11 Å². The molecule has 0 saturated carbocycles. The van der Waals surface area contributed by atoms with Crippen LogP contribution in [0.1, 0.15) is 5.69 Å². The van der Waals surface area contributed by atoms with Gasteiger partial charge >= 0.3 is 0 Å². The van der Waals surface area contributed by atoms with Crippen molar-refractivity contribution in [2.45, 2.75) is 6.92 Å². The fraction of sp³-hybridized carbons (Fsp3) is 0.0833. The van der Waals surface area contributed by atoms with Crippen molar-refractivity contribution in [2.24, 2.45) is 0 Å². The van der Waals surface area contributed by atoms with Gasteiger partial charge in [-0.2, -0.15) is 9.61 Å². The van der Waals surface area contributed by atoms with Crippen LogP contribution in [0.2, 0.25) is 0 Å². The quantitative estimate of drug-likeness (QED) is 0.669. The Kier molecular flexibility index (Phi) is 2.16. The lowest BCUT2D eigenvalue weighted by Crippen LogP contribution is -2.07. The van der Waals surface area contributed by atoms with E-state index in [1.807, 2.05) is 13.0 Å². The van der Waals surface area contributed by atoms with Crippen LogP contribution in [0, 0.1) is 6.92 Å². The average Bonchev–Trinajstić information content (AvgIpc) is 2.67. The third kappa shape index (κ3) is 1.46. The second kappa shape index (κ2) is 3.69. The monoisotopic (exact) mass is 242 g/mol. The molecule has 18 heavy (non-hydrogen) atoms. The molecule has 0 amide bonds. The molecule has 0 aromatic carbocycles. The van der Waals surface area contributed by atoms with Crippen molar-refractivity contribution in [3.8, 4) is 17.0 Å². The lowest BCUT2D eigenvalue weighted by molar-refractivity contribution is 0.434. The zero-order valence-corrected chi connectivity index (χ0v) is 9.58. The number of aryl methyl sites for hydroxylation is 1. The number of hydrogen-bond donors (Lipinski definition) is 2. The molecule has 6 nitrogen and oxygen atoms in total. The molecule has 0 aliphatic carbocycles. The lowest BCUT2D eigenvalue weighted by Gasteiger charge is -2.00. The molecule has 3 aromatic heterocycles. The van der Waals surface area contributed by atoms with E-state index in [9.17, 15) is 9.90 Å². The molecular formula is C12H10N4O2. The van der Waals surface area contributed by atoms with Gasteiger partial charge in [0.1, 0.15) is 5.65 Å². The van der Waals surface area contributed by atoms with Gasteiger partial charge in [-0.1, -0.05) is 6.07 Å². The maximum Gasteiger partial charge on any atom is 0.254 e. The summed E-state index contributed by atoms with van der Waals surface area (Å²) in [4.78, 5) is 18.1. The first-order valence-electron chi connectivity index (χ1n) is 5.39. The molecule has 3 heterocycles. The van der Waals surface area contributed by atoms with Gasteiger partial charge in [0, 0.05) is 23.5 Å². The summed E-state index contributed by atoms with van der Waals surface area (Å²) < 4.78 is 1.30. The SMILES string of the molecule is Cc1nn2c(O)cc(=O)[nH]c2c1-c1cccnc1. The number of fused-ring (bicyclic) bond motifs is 1. The van der Waals surface area contributed by atoms with Crippen LogP contribution in [0.3, 0.4) is 0 Å². The van der Waals surface area contributed by atoms with E-state index in [4.69, 9.17) is 0 Å². The number of aromatic amines is 1. The number of aromatic hydroxyl groups is 1. The van der Waals surface area contributed by atoms with Gasteiger partial charge in [0.15, 0.2) is 0 Å². The first kappa shape index (κ1) is 10.5. The van der Waals surface area contributed by atoms with Crippen LogP contribution < -0.4 is 5.56 Å². The summed E-state index contributed by atoms with van der Waals surface area (Å²) in [6.07, 6.45) is 3.36. The Morgan fingerprint density at radius 2 is 2.28 bits per heavy atom. The van der Waals surface area contributed by atoms with Crippen LogP contribution in [0.5, 0.6) is 5.88 Å². The van der Waals surface area contributed by atoms with E-state index in [0.717, 1.165) is 17.2 Å². The van der Waals surface area contributed by atoms with E-state index >= 15 is 0 Å². The first-order chi connectivity index (χ1) is 8.66. The number of nitrogens with zero attached hydrogens (tertiary/aromatic N) is 3. The molecule has 0 bridgehead atoms. The third-order valence-electron chi connectivity index (χ3n) is 2.73. The number of H-pyrrole nitrogens is 1. The van der Waals surface area contributed by atoms with E-state index in [1.165, 1.54) is 4.52 Å². The van der Waals surface area contributed by atoms with Crippen molar-refractivity contribution in [3.05, 3.63) is 46.6 Å². The highest BCUT2D eigenvalue weighted by Crippen LogP contribution is 2.27. The first-order valence-corrected chi connectivity index (χ1v) is 5.39. The minimum atomic E-state index is -0.370. The number of hydrogen-bond acceptors (Lipinski definition) is 4. The Morgan fingerprint density at radius 1 is 1.44 bits per heavy atom. The van der Waals surface area contributed by atoms with Crippen LogP contribution in [0.25, 0.3) is 16.8 Å². The molecule has 0 aliphatic heterocycles. The molecule has 0 spiro atoms. The molecule has 2 N–H and O–H groups in total. The standard InChI is InChI=1S/C12H10N4O2/c1-7-11(8-3-2-4-13-6-8)12-14-9(17)5-10(18)16(12)15-7/h2-6,18H,1H3,(H,14,17). The summed E-state index contributed by atoms with van der Waals surface area (Å²) in [6.45, 7) is 1.81. The van der Waals surface area contributed by atoms with Crippen molar-refractivity contribution in [1.82, 2.24) is 19.6 Å². The highest BCUT2D eigenvalue weighted by atomic mass is 16.3. The molecule has 3 rings (SSSR count). The maximum absolute atomic E-state index is 11.4. The molecule has 0 fully saturated rings. The highest BCUT2D eigenvalue weighted by molar-refractivity contribution is 5.79. The normalized spacial score (nSPS) is 10.9. The molecule has 0 atom stereocenters. The summed E-state index contributed by atoms with van der Waals surface area (Å²) in [7, 11) is 0. The van der Waals surface area contributed by atoms with Crippen LogP contribution in [-0.2, 0) is 0 Å². The maximum atomic E-state index is 11.4. The molecule has 3 aromatic rings. The summed E-state index contributed by atoms with van der Waals surface area (Å²) >= 11 is 0. The van der Waals surface area contributed by atoms with Crippen molar-refractivity contribution >= 4 is 5.65 Å². The number of pyridine rings is 1. The molecule has 0 radical (unpaired) electrons. The topological polar surface area (TPSA) is 83.3 Å². The van der Waals surface area contributed by atoms with E-state index in [2.05, 4.69) is 15.1 Å². The zero-order valence-electron chi connectivity index (χ0n) is 9.58. The summed E-state index contributed by atoms with van der Waals surface area (Å²) in [5, 5.41) is 13.9. The lowest BCUT2D eigenvalue weighted by atomic mass is 10.1. The van der Waals surface area contributed by atoms with Crippen molar-refractivity contribution in [2.75, 3.05) is 0 Å². The van der Waals surface area contributed by atoms with E-state index in [-0.39, 0.29) is 11.4 Å².